The number of rotatable bonds is 9. The van der Waals surface area contributed by atoms with Crippen LogP contribution in [0.5, 0.6) is 0 Å². The van der Waals surface area contributed by atoms with Gasteiger partial charge in [0.05, 0.1) is 5.56 Å². The molecule has 1 heterocycles. The maximum Gasteiger partial charge on any atom is 0.274 e. The molecule has 1 N–H and O–H groups in total. The van der Waals surface area contributed by atoms with Crippen molar-refractivity contribution >= 4 is 17.5 Å². The first kappa shape index (κ1) is 20.9. The zero-order chi connectivity index (χ0) is 19.0. The van der Waals surface area contributed by atoms with E-state index in [0.717, 1.165) is 12.8 Å². The molecule has 0 atom stereocenters. The minimum Gasteiger partial charge on any atom is -0.339 e. The normalized spacial score (nSPS) is 10.8. The standard InChI is InChI=1S/C19H31N3O3/c1-6-10-22(11-7-2)18(24)15-12-16(19(25)21(5)13-15)20-17(23)14(8-3)9-4/h12-14H,6-11H2,1-5H3,(H,20,23). The Kier molecular flexibility index (Phi) is 8.38. The number of aryl methyl sites for hydroxylation is 1. The largest absolute Gasteiger partial charge is 0.339 e. The van der Waals surface area contributed by atoms with E-state index in [1.165, 1.54) is 16.8 Å². The molecular weight excluding hydrogens is 318 g/mol. The van der Waals surface area contributed by atoms with Crippen LogP contribution in [0.4, 0.5) is 5.69 Å². The number of hydrogen-bond donors (Lipinski definition) is 1. The summed E-state index contributed by atoms with van der Waals surface area (Å²) in [6.45, 7) is 9.28. The first-order valence-electron chi connectivity index (χ1n) is 9.20. The molecule has 6 heteroatoms. The number of nitrogens with zero attached hydrogens (tertiary/aromatic N) is 2. The molecule has 2 amide bonds. The fraction of sp³-hybridized carbons (Fsp3) is 0.632. The number of nitrogens with one attached hydrogen (secondary N) is 1. The summed E-state index contributed by atoms with van der Waals surface area (Å²) >= 11 is 0. The van der Waals surface area contributed by atoms with Gasteiger partial charge in [-0.2, -0.15) is 0 Å². The number of hydrogen-bond acceptors (Lipinski definition) is 3. The van der Waals surface area contributed by atoms with E-state index >= 15 is 0 Å². The van der Waals surface area contributed by atoms with Gasteiger partial charge in [-0.3, -0.25) is 14.4 Å². The van der Waals surface area contributed by atoms with E-state index in [0.29, 0.717) is 31.5 Å². The number of anilines is 1. The van der Waals surface area contributed by atoms with Crippen molar-refractivity contribution in [3.8, 4) is 0 Å². The maximum absolute atomic E-state index is 12.8. The number of pyridine rings is 1. The molecule has 0 aliphatic rings. The summed E-state index contributed by atoms with van der Waals surface area (Å²) in [5.74, 6) is -0.427. The van der Waals surface area contributed by atoms with Crippen LogP contribution >= 0.6 is 0 Å². The number of amides is 2. The minimum absolute atomic E-state index is 0.114. The molecule has 0 radical (unpaired) electrons. The second kappa shape index (κ2) is 10.0. The Hall–Kier alpha value is -2.11. The van der Waals surface area contributed by atoms with Gasteiger partial charge >= 0.3 is 0 Å². The van der Waals surface area contributed by atoms with Crippen molar-refractivity contribution in [2.75, 3.05) is 18.4 Å². The third-order valence-corrected chi connectivity index (χ3v) is 4.32. The summed E-state index contributed by atoms with van der Waals surface area (Å²) in [4.78, 5) is 39.2. The highest BCUT2D eigenvalue weighted by Crippen LogP contribution is 2.13. The molecule has 0 aliphatic carbocycles. The van der Waals surface area contributed by atoms with Crippen molar-refractivity contribution in [3.05, 3.63) is 28.2 Å². The molecule has 0 aromatic carbocycles. The number of carbonyl (C=O) groups excluding carboxylic acids is 2. The topological polar surface area (TPSA) is 71.4 Å². The molecule has 1 rings (SSSR count). The summed E-state index contributed by atoms with van der Waals surface area (Å²) in [5.41, 5.74) is 0.274. The number of carbonyl (C=O) groups is 2. The lowest BCUT2D eigenvalue weighted by Crippen LogP contribution is -2.34. The highest BCUT2D eigenvalue weighted by molar-refractivity contribution is 5.97. The van der Waals surface area contributed by atoms with E-state index in [1.54, 1.807) is 11.9 Å². The Morgan fingerprint density at radius 1 is 1.12 bits per heavy atom. The SMILES string of the molecule is CCCN(CCC)C(=O)c1cc(NC(=O)C(CC)CC)c(=O)n(C)c1. The van der Waals surface area contributed by atoms with Crippen molar-refractivity contribution in [2.24, 2.45) is 13.0 Å². The average molecular weight is 349 g/mol. The smallest absolute Gasteiger partial charge is 0.274 e. The van der Waals surface area contributed by atoms with Crippen LogP contribution in [0.3, 0.4) is 0 Å². The van der Waals surface area contributed by atoms with Crippen molar-refractivity contribution in [2.45, 2.75) is 53.4 Å². The van der Waals surface area contributed by atoms with Crippen LogP contribution < -0.4 is 10.9 Å². The van der Waals surface area contributed by atoms with Gasteiger partial charge in [0.2, 0.25) is 5.91 Å². The summed E-state index contributed by atoms with van der Waals surface area (Å²) < 4.78 is 1.35. The van der Waals surface area contributed by atoms with Gasteiger partial charge in [0.25, 0.3) is 11.5 Å². The van der Waals surface area contributed by atoms with E-state index in [9.17, 15) is 14.4 Å². The number of aromatic nitrogens is 1. The molecular formula is C19H31N3O3. The third kappa shape index (κ3) is 5.44. The average Bonchev–Trinajstić information content (AvgIpc) is 2.59. The Labute approximate surface area is 150 Å². The Balaban J connectivity index is 3.16. The highest BCUT2D eigenvalue weighted by atomic mass is 16.2. The summed E-state index contributed by atoms with van der Waals surface area (Å²) in [6, 6.07) is 1.50. The maximum atomic E-state index is 12.8. The zero-order valence-electron chi connectivity index (χ0n) is 16.1. The van der Waals surface area contributed by atoms with Crippen molar-refractivity contribution in [1.82, 2.24) is 9.47 Å². The van der Waals surface area contributed by atoms with Gasteiger partial charge in [-0.05, 0) is 31.7 Å². The first-order valence-corrected chi connectivity index (χ1v) is 9.20. The van der Waals surface area contributed by atoms with Crippen molar-refractivity contribution in [3.63, 3.8) is 0 Å². The molecule has 25 heavy (non-hydrogen) atoms. The van der Waals surface area contributed by atoms with E-state index < -0.39 is 0 Å². The molecule has 0 spiro atoms. The third-order valence-electron chi connectivity index (χ3n) is 4.32. The first-order chi connectivity index (χ1) is 11.9. The molecule has 0 unspecified atom stereocenters. The van der Waals surface area contributed by atoms with E-state index in [2.05, 4.69) is 5.32 Å². The molecule has 1 aromatic rings. The summed E-state index contributed by atoms with van der Waals surface area (Å²) in [5, 5.41) is 2.71. The Bertz CT molecular complexity index is 642. The predicted molar refractivity (Wildman–Crippen MR) is 101 cm³/mol. The van der Waals surface area contributed by atoms with Gasteiger partial charge in [-0.25, -0.2) is 0 Å². The molecule has 0 fully saturated rings. The van der Waals surface area contributed by atoms with Crippen LogP contribution in [0.2, 0.25) is 0 Å². The molecule has 6 nitrogen and oxygen atoms in total. The quantitative estimate of drug-likeness (QED) is 0.745. The molecule has 1 aromatic heterocycles. The van der Waals surface area contributed by atoms with Gasteiger partial charge in [0.15, 0.2) is 0 Å². The molecule has 0 aliphatic heterocycles. The molecule has 0 saturated carbocycles. The van der Waals surface area contributed by atoms with Crippen LogP contribution in [-0.2, 0) is 11.8 Å². The van der Waals surface area contributed by atoms with Crippen LogP contribution in [0, 0.1) is 5.92 Å². The lowest BCUT2D eigenvalue weighted by atomic mass is 10.0. The Morgan fingerprint density at radius 2 is 1.68 bits per heavy atom. The second-order valence-corrected chi connectivity index (χ2v) is 6.35. The van der Waals surface area contributed by atoms with E-state index in [1.807, 2.05) is 27.7 Å². The second-order valence-electron chi connectivity index (χ2n) is 6.35. The van der Waals surface area contributed by atoms with E-state index in [-0.39, 0.29) is 29.0 Å². The van der Waals surface area contributed by atoms with Gasteiger partial charge in [0.1, 0.15) is 5.69 Å². The predicted octanol–water partition coefficient (Wildman–Crippen LogP) is 3.02. The van der Waals surface area contributed by atoms with Crippen LogP contribution in [0.15, 0.2) is 17.1 Å². The fourth-order valence-corrected chi connectivity index (χ4v) is 2.85. The van der Waals surface area contributed by atoms with Crippen LogP contribution in [0.25, 0.3) is 0 Å². The summed E-state index contributed by atoms with van der Waals surface area (Å²) in [7, 11) is 1.59. The molecule has 0 bridgehead atoms. The summed E-state index contributed by atoms with van der Waals surface area (Å²) in [6.07, 6.45) is 4.70. The molecule has 140 valence electrons. The lowest BCUT2D eigenvalue weighted by molar-refractivity contribution is -0.120. The zero-order valence-corrected chi connectivity index (χ0v) is 16.1. The van der Waals surface area contributed by atoms with Gasteiger partial charge in [0, 0.05) is 32.3 Å². The highest BCUT2D eigenvalue weighted by Gasteiger charge is 2.20. The van der Waals surface area contributed by atoms with Crippen LogP contribution in [0.1, 0.15) is 63.7 Å². The van der Waals surface area contributed by atoms with Gasteiger partial charge in [-0.1, -0.05) is 27.7 Å². The Morgan fingerprint density at radius 3 is 2.16 bits per heavy atom. The van der Waals surface area contributed by atoms with Crippen molar-refractivity contribution < 1.29 is 9.59 Å². The molecule has 0 saturated heterocycles. The lowest BCUT2D eigenvalue weighted by Gasteiger charge is -2.22. The van der Waals surface area contributed by atoms with Crippen LogP contribution in [-0.4, -0.2) is 34.4 Å². The van der Waals surface area contributed by atoms with E-state index in [4.69, 9.17) is 0 Å². The van der Waals surface area contributed by atoms with Gasteiger partial charge < -0.3 is 14.8 Å². The van der Waals surface area contributed by atoms with Crippen molar-refractivity contribution in [1.29, 1.82) is 0 Å². The minimum atomic E-state index is -0.312. The fourth-order valence-electron chi connectivity index (χ4n) is 2.85. The monoisotopic (exact) mass is 349 g/mol. The van der Waals surface area contributed by atoms with Gasteiger partial charge in [-0.15, -0.1) is 0 Å².